The zero-order chi connectivity index (χ0) is 20.0. The number of fused-ring (bicyclic) bond motifs is 3. The minimum Gasteiger partial charge on any atom is -0.356 e. The summed E-state index contributed by atoms with van der Waals surface area (Å²) in [6, 6.07) is 13.2. The van der Waals surface area contributed by atoms with E-state index in [0.29, 0.717) is 17.1 Å². The van der Waals surface area contributed by atoms with Crippen LogP contribution in [0.15, 0.2) is 48.5 Å². The number of nitrogens with one attached hydrogen (secondary N) is 1. The molecule has 2 heterocycles. The normalized spacial score (nSPS) is 17.7. The summed E-state index contributed by atoms with van der Waals surface area (Å²) in [5.41, 5.74) is 3.85. The van der Waals surface area contributed by atoms with Crippen molar-refractivity contribution in [3.63, 3.8) is 0 Å². The quantitative estimate of drug-likeness (QED) is 0.687. The molecule has 1 amide bonds. The molecule has 1 aliphatic heterocycles. The van der Waals surface area contributed by atoms with Crippen LogP contribution in [-0.2, 0) is 6.42 Å². The molecular weight excluding hydrogens is 387 g/mol. The SMILES string of the molecule is O=C(c1ccc(F)cc1)N1CCc2c([nH]c3c2=CCCC=3)C1c1ccc(Cl)cc1. The number of hydrogen-bond donors (Lipinski definition) is 1. The predicted molar refractivity (Wildman–Crippen MR) is 113 cm³/mol. The van der Waals surface area contributed by atoms with Gasteiger partial charge in [-0.2, -0.15) is 0 Å². The molecule has 0 saturated heterocycles. The zero-order valence-electron chi connectivity index (χ0n) is 15.8. The third-order valence-electron chi connectivity index (χ3n) is 5.80. The van der Waals surface area contributed by atoms with Crippen LogP contribution in [0, 0.1) is 5.82 Å². The largest absolute Gasteiger partial charge is 0.356 e. The van der Waals surface area contributed by atoms with Gasteiger partial charge in [-0.25, -0.2) is 4.39 Å². The topological polar surface area (TPSA) is 36.1 Å². The van der Waals surface area contributed by atoms with Crippen molar-refractivity contribution in [3.8, 4) is 0 Å². The Morgan fingerprint density at radius 1 is 1.03 bits per heavy atom. The van der Waals surface area contributed by atoms with E-state index in [1.807, 2.05) is 29.2 Å². The lowest BCUT2D eigenvalue weighted by molar-refractivity contribution is 0.0691. The number of amides is 1. The van der Waals surface area contributed by atoms with Crippen molar-refractivity contribution in [2.75, 3.05) is 6.54 Å². The van der Waals surface area contributed by atoms with Gasteiger partial charge in [0.15, 0.2) is 0 Å². The standard InChI is InChI=1S/C24H20ClFN2O/c25-17-9-5-15(6-10-17)23-22-20(19-3-1-2-4-21(19)27-22)13-14-28(23)24(29)16-7-11-18(26)12-8-16/h3-12,23,27H,1-2,13-14H2. The van der Waals surface area contributed by atoms with Crippen molar-refractivity contribution in [2.45, 2.75) is 25.3 Å². The van der Waals surface area contributed by atoms with Gasteiger partial charge in [0.1, 0.15) is 5.82 Å². The third kappa shape index (κ3) is 3.18. The van der Waals surface area contributed by atoms with E-state index < -0.39 is 0 Å². The summed E-state index contributed by atoms with van der Waals surface area (Å²) in [4.78, 5) is 18.8. The van der Waals surface area contributed by atoms with Crippen molar-refractivity contribution in [1.82, 2.24) is 9.88 Å². The van der Waals surface area contributed by atoms with Crippen molar-refractivity contribution < 1.29 is 9.18 Å². The average molecular weight is 407 g/mol. The Morgan fingerprint density at radius 2 is 1.76 bits per heavy atom. The molecule has 1 atom stereocenters. The Kier molecular flexibility index (Phi) is 4.51. The van der Waals surface area contributed by atoms with E-state index in [1.165, 1.54) is 22.9 Å². The first-order chi connectivity index (χ1) is 14.1. The summed E-state index contributed by atoms with van der Waals surface area (Å²) in [6.07, 6.45) is 7.39. The van der Waals surface area contributed by atoms with E-state index in [4.69, 9.17) is 11.6 Å². The second-order valence-corrected chi connectivity index (χ2v) is 7.98. The number of H-pyrrole nitrogens is 1. The number of hydrogen-bond acceptors (Lipinski definition) is 1. The van der Waals surface area contributed by atoms with E-state index in [1.54, 1.807) is 12.1 Å². The molecule has 5 heteroatoms. The molecule has 0 spiro atoms. The molecule has 3 nitrogen and oxygen atoms in total. The fraction of sp³-hybridized carbons (Fsp3) is 0.208. The maximum absolute atomic E-state index is 13.4. The Hall–Kier alpha value is -2.85. The smallest absolute Gasteiger partial charge is 0.254 e. The molecule has 5 rings (SSSR count). The molecule has 1 N–H and O–H groups in total. The molecule has 2 aliphatic rings. The van der Waals surface area contributed by atoms with E-state index in [9.17, 15) is 9.18 Å². The molecular formula is C24H20ClFN2O. The van der Waals surface area contributed by atoms with Crippen molar-refractivity contribution in [3.05, 3.63) is 92.3 Å². The second kappa shape index (κ2) is 7.20. The van der Waals surface area contributed by atoms with Crippen LogP contribution in [0.1, 0.15) is 46.1 Å². The molecule has 0 radical (unpaired) electrons. The van der Waals surface area contributed by atoms with E-state index in [2.05, 4.69) is 17.1 Å². The molecule has 29 heavy (non-hydrogen) atoms. The molecule has 0 bridgehead atoms. The highest BCUT2D eigenvalue weighted by Crippen LogP contribution is 2.34. The van der Waals surface area contributed by atoms with Crippen molar-refractivity contribution in [2.24, 2.45) is 0 Å². The third-order valence-corrected chi connectivity index (χ3v) is 6.05. The fourth-order valence-corrected chi connectivity index (χ4v) is 4.56. The molecule has 1 unspecified atom stereocenters. The summed E-state index contributed by atoms with van der Waals surface area (Å²) < 4.78 is 13.4. The van der Waals surface area contributed by atoms with Crippen LogP contribution in [0.4, 0.5) is 4.39 Å². The van der Waals surface area contributed by atoms with Gasteiger partial charge in [-0.1, -0.05) is 35.9 Å². The Morgan fingerprint density at radius 3 is 2.52 bits per heavy atom. The molecule has 1 aromatic heterocycles. The zero-order valence-corrected chi connectivity index (χ0v) is 16.5. The molecule has 1 aliphatic carbocycles. The summed E-state index contributed by atoms with van der Waals surface area (Å²) in [5.74, 6) is -0.448. The molecule has 0 fully saturated rings. The first-order valence-corrected chi connectivity index (χ1v) is 10.2. The number of nitrogens with zero attached hydrogens (tertiary/aromatic N) is 1. The number of rotatable bonds is 2. The minimum absolute atomic E-state index is 0.101. The summed E-state index contributed by atoms with van der Waals surface area (Å²) in [6.45, 7) is 0.606. The number of benzene rings is 2. The average Bonchev–Trinajstić information content (AvgIpc) is 3.12. The number of carbonyl (C=O) groups is 1. The Bertz CT molecular complexity index is 1200. The molecule has 146 valence electrons. The highest BCUT2D eigenvalue weighted by atomic mass is 35.5. The lowest BCUT2D eigenvalue weighted by Crippen LogP contribution is -2.41. The van der Waals surface area contributed by atoms with Crippen molar-refractivity contribution in [1.29, 1.82) is 0 Å². The molecule has 0 saturated carbocycles. The van der Waals surface area contributed by atoms with Gasteiger partial charge in [0.25, 0.3) is 5.91 Å². The van der Waals surface area contributed by atoms with Crippen LogP contribution in [-0.4, -0.2) is 22.3 Å². The number of aromatic nitrogens is 1. The molecule has 2 aromatic carbocycles. The van der Waals surface area contributed by atoms with Crippen LogP contribution in [0.25, 0.3) is 12.2 Å². The van der Waals surface area contributed by atoms with Gasteiger partial charge in [0, 0.05) is 28.2 Å². The fourth-order valence-electron chi connectivity index (χ4n) is 4.43. The van der Waals surface area contributed by atoms with Crippen LogP contribution in [0.3, 0.4) is 0 Å². The van der Waals surface area contributed by atoms with Gasteiger partial charge in [-0.05, 0) is 72.0 Å². The number of halogens is 2. The minimum atomic E-state index is -0.347. The lowest BCUT2D eigenvalue weighted by atomic mass is 9.92. The highest BCUT2D eigenvalue weighted by molar-refractivity contribution is 6.30. The van der Waals surface area contributed by atoms with Crippen LogP contribution in [0.2, 0.25) is 5.02 Å². The Labute approximate surface area is 173 Å². The number of aromatic amines is 1. The van der Waals surface area contributed by atoms with Gasteiger partial charge >= 0.3 is 0 Å². The lowest BCUT2D eigenvalue weighted by Gasteiger charge is -2.36. The Balaban J connectivity index is 1.65. The van der Waals surface area contributed by atoms with Crippen LogP contribution < -0.4 is 10.6 Å². The van der Waals surface area contributed by atoms with Gasteiger partial charge in [-0.15, -0.1) is 0 Å². The molecule has 3 aromatic rings. The van der Waals surface area contributed by atoms with Crippen molar-refractivity contribution >= 4 is 29.7 Å². The number of carbonyl (C=O) groups excluding carboxylic acids is 1. The van der Waals surface area contributed by atoms with E-state index in [-0.39, 0.29) is 17.8 Å². The van der Waals surface area contributed by atoms with Crippen LogP contribution in [0.5, 0.6) is 0 Å². The van der Waals surface area contributed by atoms with Gasteiger partial charge < -0.3 is 9.88 Å². The summed E-state index contributed by atoms with van der Waals surface area (Å²) in [7, 11) is 0. The first kappa shape index (κ1) is 18.2. The monoisotopic (exact) mass is 406 g/mol. The second-order valence-electron chi connectivity index (χ2n) is 7.54. The van der Waals surface area contributed by atoms with Crippen LogP contribution >= 0.6 is 11.6 Å². The summed E-state index contributed by atoms with van der Waals surface area (Å²) >= 11 is 6.11. The summed E-state index contributed by atoms with van der Waals surface area (Å²) in [5, 5.41) is 3.09. The van der Waals surface area contributed by atoms with Gasteiger partial charge in [-0.3, -0.25) is 4.79 Å². The highest BCUT2D eigenvalue weighted by Gasteiger charge is 2.34. The van der Waals surface area contributed by atoms with Gasteiger partial charge in [0.05, 0.1) is 6.04 Å². The van der Waals surface area contributed by atoms with E-state index in [0.717, 1.165) is 35.9 Å². The first-order valence-electron chi connectivity index (χ1n) is 9.85. The maximum atomic E-state index is 13.4. The van der Waals surface area contributed by atoms with E-state index >= 15 is 0 Å². The maximum Gasteiger partial charge on any atom is 0.254 e. The predicted octanol–water partition coefficient (Wildman–Crippen LogP) is 3.95. The van der Waals surface area contributed by atoms with Gasteiger partial charge in [0.2, 0.25) is 0 Å².